The Labute approximate surface area is 117 Å². The molecule has 3 heteroatoms. The van der Waals surface area contributed by atoms with Gasteiger partial charge in [0, 0.05) is 17.1 Å². The molecule has 0 saturated heterocycles. The number of hydrogen-bond donors (Lipinski definition) is 1. The number of hydrogen-bond acceptors (Lipinski definition) is 1. The van der Waals surface area contributed by atoms with Gasteiger partial charge in [0.1, 0.15) is 5.82 Å². The van der Waals surface area contributed by atoms with Crippen LogP contribution in [-0.2, 0) is 6.54 Å². The van der Waals surface area contributed by atoms with Crippen LogP contribution in [0.2, 0.25) is 0 Å². The van der Waals surface area contributed by atoms with E-state index in [4.69, 9.17) is 0 Å². The summed E-state index contributed by atoms with van der Waals surface area (Å²) < 4.78 is 14.2. The molecule has 1 fully saturated rings. The molecule has 3 atom stereocenters. The highest BCUT2D eigenvalue weighted by molar-refractivity contribution is 9.10. The molecule has 1 aliphatic carbocycles. The maximum absolute atomic E-state index is 13.2. The second-order valence-corrected chi connectivity index (χ2v) is 6.47. The SMILES string of the molecule is CC1CCC(C)C(NCc2cc(F)ccc2Br)C1. The zero-order valence-corrected chi connectivity index (χ0v) is 12.6. The van der Waals surface area contributed by atoms with E-state index in [1.165, 1.54) is 25.3 Å². The Kier molecular flexibility index (Phi) is 4.79. The van der Waals surface area contributed by atoms with E-state index in [-0.39, 0.29) is 5.82 Å². The molecular weight excluding hydrogens is 293 g/mol. The number of rotatable bonds is 3. The van der Waals surface area contributed by atoms with Crippen LogP contribution >= 0.6 is 15.9 Å². The quantitative estimate of drug-likeness (QED) is 0.866. The van der Waals surface area contributed by atoms with Gasteiger partial charge in [-0.15, -0.1) is 0 Å². The van der Waals surface area contributed by atoms with Crippen molar-refractivity contribution in [3.8, 4) is 0 Å². The van der Waals surface area contributed by atoms with Crippen LogP contribution in [-0.4, -0.2) is 6.04 Å². The molecule has 1 aromatic carbocycles. The van der Waals surface area contributed by atoms with Crippen LogP contribution in [0.4, 0.5) is 4.39 Å². The van der Waals surface area contributed by atoms with Gasteiger partial charge < -0.3 is 5.32 Å². The molecule has 2 rings (SSSR count). The van der Waals surface area contributed by atoms with Gasteiger partial charge in [-0.25, -0.2) is 4.39 Å². The van der Waals surface area contributed by atoms with Gasteiger partial charge in [-0.05, 0) is 48.4 Å². The predicted molar refractivity (Wildman–Crippen MR) is 76.9 cm³/mol. The maximum atomic E-state index is 13.2. The fraction of sp³-hybridized carbons (Fsp3) is 0.600. The fourth-order valence-electron chi connectivity index (χ4n) is 2.74. The smallest absolute Gasteiger partial charge is 0.123 e. The van der Waals surface area contributed by atoms with Gasteiger partial charge in [0.2, 0.25) is 0 Å². The Morgan fingerprint density at radius 2 is 2.11 bits per heavy atom. The molecule has 1 saturated carbocycles. The van der Waals surface area contributed by atoms with E-state index in [2.05, 4.69) is 35.1 Å². The zero-order chi connectivity index (χ0) is 13.1. The van der Waals surface area contributed by atoms with E-state index < -0.39 is 0 Å². The average molecular weight is 314 g/mol. The average Bonchev–Trinajstić information content (AvgIpc) is 2.34. The van der Waals surface area contributed by atoms with Gasteiger partial charge in [-0.2, -0.15) is 0 Å². The van der Waals surface area contributed by atoms with Crippen molar-refractivity contribution < 1.29 is 4.39 Å². The molecule has 0 spiro atoms. The number of benzene rings is 1. The lowest BCUT2D eigenvalue weighted by atomic mass is 9.80. The normalized spacial score (nSPS) is 28.3. The van der Waals surface area contributed by atoms with Gasteiger partial charge in [-0.3, -0.25) is 0 Å². The van der Waals surface area contributed by atoms with E-state index in [1.807, 2.05) is 0 Å². The molecule has 18 heavy (non-hydrogen) atoms. The first-order valence-corrected chi connectivity index (χ1v) is 7.53. The van der Waals surface area contributed by atoms with Crippen LogP contribution in [0.15, 0.2) is 22.7 Å². The number of halogens is 2. The van der Waals surface area contributed by atoms with Crippen LogP contribution in [0.1, 0.15) is 38.7 Å². The Bertz CT molecular complexity index is 407. The summed E-state index contributed by atoms with van der Waals surface area (Å²) in [6.07, 6.45) is 3.86. The first-order valence-electron chi connectivity index (χ1n) is 6.73. The molecule has 0 radical (unpaired) electrons. The van der Waals surface area contributed by atoms with Crippen molar-refractivity contribution in [2.75, 3.05) is 0 Å². The highest BCUT2D eigenvalue weighted by Crippen LogP contribution is 2.29. The van der Waals surface area contributed by atoms with Gasteiger partial charge in [0.15, 0.2) is 0 Å². The monoisotopic (exact) mass is 313 g/mol. The zero-order valence-electron chi connectivity index (χ0n) is 11.0. The summed E-state index contributed by atoms with van der Waals surface area (Å²) in [6, 6.07) is 5.43. The largest absolute Gasteiger partial charge is 0.310 e. The summed E-state index contributed by atoms with van der Waals surface area (Å²) in [6.45, 7) is 5.36. The Morgan fingerprint density at radius 3 is 2.89 bits per heavy atom. The lowest BCUT2D eigenvalue weighted by molar-refractivity contribution is 0.227. The third-order valence-corrected chi connectivity index (χ3v) is 4.79. The Hall–Kier alpha value is -0.410. The van der Waals surface area contributed by atoms with Gasteiger partial charge >= 0.3 is 0 Å². The molecule has 1 aromatic rings. The van der Waals surface area contributed by atoms with Crippen molar-refractivity contribution in [2.45, 2.75) is 45.7 Å². The van der Waals surface area contributed by atoms with Crippen LogP contribution in [0.5, 0.6) is 0 Å². The van der Waals surface area contributed by atoms with E-state index in [0.29, 0.717) is 12.0 Å². The maximum Gasteiger partial charge on any atom is 0.123 e. The molecule has 1 N–H and O–H groups in total. The summed E-state index contributed by atoms with van der Waals surface area (Å²) in [4.78, 5) is 0. The molecule has 3 unspecified atom stereocenters. The van der Waals surface area contributed by atoms with Crippen LogP contribution in [0, 0.1) is 17.7 Å². The Balaban J connectivity index is 1.96. The predicted octanol–water partition coefficient (Wildman–Crippen LogP) is 4.50. The number of nitrogens with one attached hydrogen (secondary N) is 1. The minimum absolute atomic E-state index is 0.167. The van der Waals surface area contributed by atoms with Crippen molar-refractivity contribution in [1.82, 2.24) is 5.32 Å². The molecule has 0 aliphatic heterocycles. The van der Waals surface area contributed by atoms with Crippen molar-refractivity contribution in [3.05, 3.63) is 34.1 Å². The van der Waals surface area contributed by atoms with Gasteiger partial charge in [-0.1, -0.05) is 36.2 Å². The van der Waals surface area contributed by atoms with Crippen molar-refractivity contribution in [2.24, 2.45) is 11.8 Å². The van der Waals surface area contributed by atoms with Crippen molar-refractivity contribution >= 4 is 15.9 Å². The first-order chi connectivity index (χ1) is 8.56. The minimum Gasteiger partial charge on any atom is -0.310 e. The van der Waals surface area contributed by atoms with Crippen LogP contribution < -0.4 is 5.32 Å². The van der Waals surface area contributed by atoms with E-state index in [9.17, 15) is 4.39 Å². The summed E-state index contributed by atoms with van der Waals surface area (Å²) >= 11 is 3.48. The topological polar surface area (TPSA) is 12.0 Å². The second-order valence-electron chi connectivity index (χ2n) is 5.62. The molecule has 0 heterocycles. The summed E-state index contributed by atoms with van der Waals surface area (Å²) in [5.41, 5.74) is 1.00. The molecule has 0 bridgehead atoms. The lowest BCUT2D eigenvalue weighted by Crippen LogP contribution is -2.39. The lowest BCUT2D eigenvalue weighted by Gasteiger charge is -2.33. The van der Waals surface area contributed by atoms with E-state index in [1.54, 1.807) is 12.1 Å². The highest BCUT2D eigenvalue weighted by atomic mass is 79.9. The fourth-order valence-corrected chi connectivity index (χ4v) is 3.12. The van der Waals surface area contributed by atoms with Crippen LogP contribution in [0.3, 0.4) is 0 Å². The summed E-state index contributed by atoms with van der Waals surface area (Å²) in [5, 5.41) is 3.59. The first kappa shape index (κ1) is 14.0. The summed E-state index contributed by atoms with van der Waals surface area (Å²) in [5.74, 6) is 1.35. The van der Waals surface area contributed by atoms with E-state index >= 15 is 0 Å². The molecule has 0 amide bonds. The van der Waals surface area contributed by atoms with Crippen LogP contribution in [0.25, 0.3) is 0 Å². The van der Waals surface area contributed by atoms with Gasteiger partial charge in [0.25, 0.3) is 0 Å². The van der Waals surface area contributed by atoms with E-state index in [0.717, 1.165) is 22.5 Å². The molecule has 1 nitrogen and oxygen atoms in total. The van der Waals surface area contributed by atoms with Gasteiger partial charge in [0.05, 0.1) is 0 Å². The second kappa shape index (κ2) is 6.16. The molecule has 100 valence electrons. The molecule has 0 aromatic heterocycles. The third-order valence-electron chi connectivity index (χ3n) is 4.02. The highest BCUT2D eigenvalue weighted by Gasteiger charge is 2.24. The standard InChI is InChI=1S/C15H21BrFN/c1-10-3-4-11(2)15(7-10)18-9-12-8-13(17)5-6-14(12)16/h5-6,8,10-11,15,18H,3-4,7,9H2,1-2H3. The van der Waals surface area contributed by atoms with Crippen molar-refractivity contribution in [3.63, 3.8) is 0 Å². The Morgan fingerprint density at radius 1 is 1.33 bits per heavy atom. The molecule has 1 aliphatic rings. The van der Waals surface area contributed by atoms with Crippen molar-refractivity contribution in [1.29, 1.82) is 0 Å². The third kappa shape index (κ3) is 3.55. The molecular formula is C15H21BrFN. The summed E-state index contributed by atoms with van der Waals surface area (Å²) in [7, 11) is 0. The minimum atomic E-state index is -0.167.